The predicted octanol–water partition coefficient (Wildman–Crippen LogP) is -0.576. The van der Waals surface area contributed by atoms with E-state index in [2.05, 4.69) is 10.9 Å². The molecule has 1 aromatic heterocycles. The topological polar surface area (TPSA) is 111 Å². The molecule has 0 aliphatic rings. The van der Waals surface area contributed by atoms with E-state index in [0.29, 0.717) is 10.8 Å². The second-order valence-electron chi connectivity index (χ2n) is 3.92. The third kappa shape index (κ3) is 3.45. The molecule has 4 N–H and O–H groups in total. The molecule has 0 saturated carbocycles. The monoisotopic (exact) mass is 339 g/mol. The van der Waals surface area contributed by atoms with E-state index >= 15 is 0 Å². The number of alkyl halides is 1. The lowest BCUT2D eigenvalue weighted by molar-refractivity contribution is -0.0622. The number of aliphatic hydroxyl groups excluding tert-OH is 2. The lowest BCUT2D eigenvalue weighted by Gasteiger charge is -2.32. The van der Waals surface area contributed by atoms with Crippen molar-refractivity contribution in [1.82, 2.24) is 9.55 Å². The van der Waals surface area contributed by atoms with Gasteiger partial charge in [-0.1, -0.05) is 11.6 Å². The maximum absolute atomic E-state index is 13.5. The average molecular weight is 340 g/mol. The van der Waals surface area contributed by atoms with Crippen LogP contribution in [-0.4, -0.2) is 45.7 Å². The molecule has 1 rings (SSSR count). The molecule has 0 amide bonds. The van der Waals surface area contributed by atoms with Gasteiger partial charge in [0.1, 0.15) is 12.2 Å². The van der Waals surface area contributed by atoms with Gasteiger partial charge in [0, 0.05) is 12.5 Å². The molecule has 1 aromatic rings. The van der Waals surface area contributed by atoms with Crippen LogP contribution < -0.4 is 11.4 Å². The lowest BCUT2D eigenvalue weighted by atomic mass is 10.1. The van der Waals surface area contributed by atoms with E-state index in [0.717, 1.165) is 0 Å². The number of ether oxygens (including phenoxy) is 1. The van der Waals surface area contributed by atoms with Crippen LogP contribution >= 0.6 is 23.2 Å². The Hall–Kier alpha value is -1.37. The zero-order valence-corrected chi connectivity index (χ0v) is 12.3. The van der Waals surface area contributed by atoms with Gasteiger partial charge in [-0.2, -0.15) is 4.98 Å². The van der Waals surface area contributed by atoms with E-state index in [9.17, 15) is 14.3 Å². The Labute approximate surface area is 129 Å². The number of rotatable bonds is 5. The SMILES string of the molecule is COC(CO)C(O)[C@](Cl)(C#CCl)n1cc(F)c(N)nc1=O. The number of hydrogen-bond acceptors (Lipinski definition) is 6. The fourth-order valence-electron chi connectivity index (χ4n) is 1.57. The van der Waals surface area contributed by atoms with Crippen LogP contribution in [0, 0.1) is 17.1 Å². The Balaban J connectivity index is 3.50. The summed E-state index contributed by atoms with van der Waals surface area (Å²) in [5.41, 5.74) is 4.10. The summed E-state index contributed by atoms with van der Waals surface area (Å²) in [5, 5.41) is 21.2. The average Bonchev–Trinajstić information content (AvgIpc) is 2.44. The zero-order chi connectivity index (χ0) is 16.2. The number of hydrogen-bond donors (Lipinski definition) is 3. The van der Waals surface area contributed by atoms with Gasteiger partial charge in [0.2, 0.25) is 5.00 Å². The first kappa shape index (κ1) is 17.7. The van der Waals surface area contributed by atoms with Crippen molar-refractivity contribution >= 4 is 29.0 Å². The van der Waals surface area contributed by atoms with Gasteiger partial charge >= 0.3 is 5.69 Å². The summed E-state index contributed by atoms with van der Waals surface area (Å²) < 4.78 is 18.8. The number of halogens is 3. The van der Waals surface area contributed by atoms with Gasteiger partial charge in [-0.05, 0) is 17.5 Å². The number of nitrogens with two attached hydrogens (primary N) is 1. The van der Waals surface area contributed by atoms with Crippen molar-refractivity contribution in [1.29, 1.82) is 0 Å². The Morgan fingerprint density at radius 2 is 2.33 bits per heavy atom. The standard InChI is InChI=1S/C11H12Cl2FN3O4/c1-21-7(5-18)8(19)11(13,2-3-12)17-4-6(14)9(15)16-10(17)20/h4,7-8,18-19H,5H2,1H3,(H2,15,16,20)/t7?,8?,11-/m0/s1. The second-order valence-corrected chi connectivity index (χ2v) is 4.69. The van der Waals surface area contributed by atoms with E-state index in [1.807, 2.05) is 5.38 Å². The molecule has 0 spiro atoms. The summed E-state index contributed by atoms with van der Waals surface area (Å²) in [7, 11) is 1.19. The number of aromatic nitrogens is 2. The molecule has 2 unspecified atom stereocenters. The van der Waals surface area contributed by atoms with Crippen molar-refractivity contribution < 1.29 is 19.3 Å². The highest BCUT2D eigenvalue weighted by Gasteiger charge is 2.43. The molecule has 0 fully saturated rings. The Morgan fingerprint density at radius 1 is 1.71 bits per heavy atom. The molecular weight excluding hydrogens is 328 g/mol. The Morgan fingerprint density at radius 3 is 2.81 bits per heavy atom. The van der Waals surface area contributed by atoms with Crippen LogP contribution in [0.1, 0.15) is 0 Å². The molecular formula is C11H12Cl2FN3O4. The van der Waals surface area contributed by atoms with Crippen LogP contribution in [0.5, 0.6) is 0 Å². The third-order valence-corrected chi connectivity index (χ3v) is 3.30. The highest BCUT2D eigenvalue weighted by Crippen LogP contribution is 2.28. The molecule has 0 bridgehead atoms. The van der Waals surface area contributed by atoms with E-state index in [4.69, 9.17) is 38.8 Å². The molecule has 0 saturated heterocycles. The van der Waals surface area contributed by atoms with Gasteiger partial charge in [0.25, 0.3) is 0 Å². The molecule has 0 radical (unpaired) electrons. The van der Waals surface area contributed by atoms with Gasteiger partial charge in [0.05, 0.1) is 12.8 Å². The Kier molecular flexibility index (Phi) is 5.95. The zero-order valence-electron chi connectivity index (χ0n) is 10.8. The summed E-state index contributed by atoms with van der Waals surface area (Å²) in [4.78, 5) is 12.8. The fraction of sp³-hybridized carbons (Fsp3) is 0.455. The van der Waals surface area contributed by atoms with Crippen molar-refractivity contribution in [2.45, 2.75) is 17.2 Å². The van der Waals surface area contributed by atoms with Crippen molar-refractivity contribution in [2.75, 3.05) is 19.5 Å². The van der Waals surface area contributed by atoms with Crippen molar-refractivity contribution in [3.8, 4) is 11.3 Å². The molecule has 0 aromatic carbocycles. The number of aliphatic hydroxyl groups is 2. The normalized spacial score (nSPS) is 16.5. The number of nitrogens with zero attached hydrogens (tertiary/aromatic N) is 2. The van der Waals surface area contributed by atoms with Crippen LogP contribution in [0.4, 0.5) is 10.2 Å². The number of anilines is 1. The maximum Gasteiger partial charge on any atom is 0.352 e. The van der Waals surface area contributed by atoms with Crippen molar-refractivity contribution in [3.63, 3.8) is 0 Å². The first-order valence-corrected chi connectivity index (χ1v) is 6.26. The highest BCUT2D eigenvalue weighted by atomic mass is 35.5. The van der Waals surface area contributed by atoms with E-state index in [1.165, 1.54) is 7.11 Å². The van der Waals surface area contributed by atoms with Crippen LogP contribution in [0.25, 0.3) is 0 Å². The third-order valence-electron chi connectivity index (χ3n) is 2.71. The van der Waals surface area contributed by atoms with E-state index in [-0.39, 0.29) is 0 Å². The quantitative estimate of drug-likeness (QED) is 0.489. The van der Waals surface area contributed by atoms with E-state index < -0.39 is 41.1 Å². The van der Waals surface area contributed by atoms with Gasteiger partial charge in [-0.3, -0.25) is 4.57 Å². The van der Waals surface area contributed by atoms with Gasteiger partial charge in [0.15, 0.2) is 11.6 Å². The summed E-state index contributed by atoms with van der Waals surface area (Å²) >= 11 is 11.4. The molecule has 0 aliphatic heterocycles. The second kappa shape index (κ2) is 7.06. The van der Waals surface area contributed by atoms with Crippen LogP contribution in [0.15, 0.2) is 11.0 Å². The maximum atomic E-state index is 13.5. The smallest absolute Gasteiger partial charge is 0.352 e. The molecule has 10 heteroatoms. The van der Waals surface area contributed by atoms with Crippen LogP contribution in [-0.2, 0) is 9.73 Å². The minimum absolute atomic E-state index is 0.516. The minimum atomic E-state index is -2.20. The first-order valence-electron chi connectivity index (χ1n) is 5.50. The minimum Gasteiger partial charge on any atom is -0.394 e. The summed E-state index contributed by atoms with van der Waals surface area (Å²) in [6, 6.07) is 0. The van der Waals surface area contributed by atoms with Crippen LogP contribution in [0.3, 0.4) is 0 Å². The van der Waals surface area contributed by atoms with Gasteiger partial charge in [-0.15, -0.1) is 0 Å². The molecule has 116 valence electrons. The van der Waals surface area contributed by atoms with E-state index in [1.54, 1.807) is 0 Å². The molecule has 0 aliphatic carbocycles. The Bertz CT molecular complexity index is 626. The number of methoxy groups -OCH3 is 1. The summed E-state index contributed by atoms with van der Waals surface area (Å²) in [6.45, 7) is -0.629. The first-order chi connectivity index (χ1) is 9.81. The number of nitrogen functional groups attached to an aromatic ring is 1. The highest BCUT2D eigenvalue weighted by molar-refractivity contribution is 6.31. The van der Waals surface area contributed by atoms with Gasteiger partial charge < -0.3 is 20.7 Å². The molecule has 21 heavy (non-hydrogen) atoms. The molecule has 7 nitrogen and oxygen atoms in total. The van der Waals surface area contributed by atoms with Crippen molar-refractivity contribution in [3.05, 3.63) is 22.5 Å². The molecule has 3 atom stereocenters. The largest absolute Gasteiger partial charge is 0.394 e. The summed E-state index contributed by atoms with van der Waals surface area (Å²) in [6.07, 6.45) is -2.29. The van der Waals surface area contributed by atoms with Gasteiger partial charge in [-0.25, -0.2) is 9.18 Å². The van der Waals surface area contributed by atoms with Crippen molar-refractivity contribution in [2.24, 2.45) is 0 Å². The molecule has 1 heterocycles. The van der Waals surface area contributed by atoms with Crippen LogP contribution in [0.2, 0.25) is 0 Å². The predicted molar refractivity (Wildman–Crippen MR) is 74.2 cm³/mol. The lowest BCUT2D eigenvalue weighted by Crippen LogP contribution is -2.52. The fourth-order valence-corrected chi connectivity index (χ4v) is 2.07. The summed E-state index contributed by atoms with van der Waals surface area (Å²) in [5.74, 6) is 0.496.